The van der Waals surface area contributed by atoms with Gasteiger partial charge in [0.1, 0.15) is 23.8 Å². The number of carbonyl (C=O) groups excluding carboxylic acids is 3. The van der Waals surface area contributed by atoms with Gasteiger partial charge in [-0.2, -0.15) is 0 Å². The third kappa shape index (κ3) is 4.05. The summed E-state index contributed by atoms with van der Waals surface area (Å²) >= 11 is 1.27. The number of β-lactam (4-membered cyclic amide) rings is 1. The molecule has 9 heteroatoms. The van der Waals surface area contributed by atoms with Crippen molar-refractivity contribution < 1.29 is 29.0 Å². The summed E-state index contributed by atoms with van der Waals surface area (Å²) in [6, 6.07) is 15.4. The fourth-order valence-electron chi connectivity index (χ4n) is 3.90. The summed E-state index contributed by atoms with van der Waals surface area (Å²) in [5.41, 5.74) is -0.412. The standard InChI is InChI=1S/C23H24N2O6S/c1-15(26)25(17-6-4-3-5-7-17)19-20(27)24-13-23(29,14-32-21(19)24)22(28)31-12-16-8-10-18(30-2)11-9-16/h3-11,19,21,29H,12-14H2,1-2H3/t19?,21-,23?/m1/s1. The molecule has 0 radical (unpaired) electrons. The number of thioether (sulfide) groups is 1. The minimum atomic E-state index is -1.80. The maximum atomic E-state index is 12.9. The molecule has 4 rings (SSSR count). The highest BCUT2D eigenvalue weighted by Crippen LogP contribution is 2.42. The van der Waals surface area contributed by atoms with Crippen molar-refractivity contribution in [1.29, 1.82) is 0 Å². The van der Waals surface area contributed by atoms with Gasteiger partial charge in [0.2, 0.25) is 11.8 Å². The van der Waals surface area contributed by atoms with E-state index in [1.807, 2.05) is 6.07 Å². The van der Waals surface area contributed by atoms with Crippen LogP contribution < -0.4 is 9.64 Å². The fourth-order valence-corrected chi connectivity index (χ4v) is 5.33. The molecule has 1 N–H and O–H groups in total. The average Bonchev–Trinajstić information content (AvgIpc) is 2.81. The van der Waals surface area contributed by atoms with Crippen molar-refractivity contribution in [2.45, 2.75) is 30.5 Å². The van der Waals surface area contributed by atoms with E-state index < -0.39 is 17.6 Å². The lowest BCUT2D eigenvalue weighted by Gasteiger charge is -2.55. The fraction of sp³-hybridized carbons (Fsp3) is 0.348. The van der Waals surface area contributed by atoms with Crippen molar-refractivity contribution >= 4 is 35.2 Å². The van der Waals surface area contributed by atoms with Crippen molar-refractivity contribution in [1.82, 2.24) is 4.90 Å². The second-order valence-corrected chi connectivity index (χ2v) is 8.90. The van der Waals surface area contributed by atoms with Gasteiger partial charge in [-0.3, -0.25) is 14.5 Å². The van der Waals surface area contributed by atoms with Gasteiger partial charge in [0, 0.05) is 18.4 Å². The molecule has 2 fully saturated rings. The number of methoxy groups -OCH3 is 1. The zero-order chi connectivity index (χ0) is 22.9. The lowest BCUT2D eigenvalue weighted by Crippen LogP contribution is -2.75. The van der Waals surface area contributed by atoms with Gasteiger partial charge in [-0.05, 0) is 29.8 Å². The summed E-state index contributed by atoms with van der Waals surface area (Å²) in [5, 5.41) is 10.6. The molecule has 3 atom stereocenters. The zero-order valence-corrected chi connectivity index (χ0v) is 18.6. The summed E-state index contributed by atoms with van der Waals surface area (Å²) in [7, 11) is 1.57. The topological polar surface area (TPSA) is 96.4 Å². The number of benzene rings is 2. The Labute approximate surface area is 190 Å². The van der Waals surface area contributed by atoms with E-state index in [4.69, 9.17) is 9.47 Å². The molecule has 2 heterocycles. The highest BCUT2D eigenvalue weighted by Gasteiger charge is 2.59. The normalized spacial score (nSPS) is 24.2. The monoisotopic (exact) mass is 456 g/mol. The number of nitrogens with zero attached hydrogens (tertiary/aromatic N) is 2. The first-order chi connectivity index (χ1) is 15.3. The van der Waals surface area contributed by atoms with Crippen LogP contribution in [0, 0.1) is 0 Å². The molecule has 2 aliphatic rings. The van der Waals surface area contributed by atoms with E-state index in [9.17, 15) is 19.5 Å². The summed E-state index contributed by atoms with van der Waals surface area (Å²) in [4.78, 5) is 40.8. The van der Waals surface area contributed by atoms with Crippen LogP contribution in [0.1, 0.15) is 12.5 Å². The smallest absolute Gasteiger partial charge is 0.341 e. The first kappa shape index (κ1) is 22.2. The van der Waals surface area contributed by atoms with Crippen LogP contribution in [0.25, 0.3) is 0 Å². The second-order valence-electron chi connectivity index (χ2n) is 7.79. The predicted molar refractivity (Wildman–Crippen MR) is 119 cm³/mol. The van der Waals surface area contributed by atoms with Crippen LogP contribution in [0.4, 0.5) is 5.69 Å². The minimum Gasteiger partial charge on any atom is -0.497 e. The van der Waals surface area contributed by atoms with Crippen molar-refractivity contribution in [2.75, 3.05) is 24.3 Å². The molecule has 0 aromatic heterocycles. The van der Waals surface area contributed by atoms with Crippen molar-refractivity contribution in [3.8, 4) is 5.75 Å². The van der Waals surface area contributed by atoms with Gasteiger partial charge < -0.3 is 19.5 Å². The molecule has 2 aromatic rings. The molecule has 2 aliphatic heterocycles. The minimum absolute atomic E-state index is 0.00191. The van der Waals surface area contributed by atoms with E-state index in [1.165, 1.54) is 28.5 Å². The van der Waals surface area contributed by atoms with Gasteiger partial charge in [-0.15, -0.1) is 11.8 Å². The predicted octanol–water partition coefficient (Wildman–Crippen LogP) is 1.81. The molecule has 8 nitrogen and oxygen atoms in total. The Morgan fingerprint density at radius 3 is 2.50 bits per heavy atom. The number of para-hydroxylation sites is 1. The molecule has 0 aliphatic carbocycles. The van der Waals surface area contributed by atoms with Crippen LogP contribution in [-0.4, -0.2) is 64.2 Å². The molecule has 0 spiro atoms. The Bertz CT molecular complexity index is 1010. The van der Waals surface area contributed by atoms with Crippen molar-refractivity contribution in [3.63, 3.8) is 0 Å². The molecule has 32 heavy (non-hydrogen) atoms. The molecule has 2 unspecified atom stereocenters. The number of amides is 2. The molecule has 2 aromatic carbocycles. The first-order valence-corrected chi connectivity index (χ1v) is 11.2. The zero-order valence-electron chi connectivity index (χ0n) is 17.8. The van der Waals surface area contributed by atoms with Crippen molar-refractivity contribution in [2.24, 2.45) is 0 Å². The Morgan fingerprint density at radius 1 is 1.19 bits per heavy atom. The van der Waals surface area contributed by atoms with E-state index in [-0.39, 0.29) is 36.1 Å². The highest BCUT2D eigenvalue weighted by molar-refractivity contribution is 8.00. The van der Waals surface area contributed by atoms with Crippen molar-refractivity contribution in [3.05, 3.63) is 60.2 Å². The molecule has 168 valence electrons. The highest BCUT2D eigenvalue weighted by atomic mass is 32.2. The maximum absolute atomic E-state index is 12.9. The number of rotatable bonds is 6. The van der Waals surface area contributed by atoms with E-state index in [0.717, 1.165) is 5.56 Å². The van der Waals surface area contributed by atoms with Gasteiger partial charge in [-0.25, -0.2) is 4.79 Å². The van der Waals surface area contributed by atoms with Crippen LogP contribution in [0.15, 0.2) is 54.6 Å². The number of esters is 1. The number of ether oxygens (including phenoxy) is 2. The number of hydrogen-bond donors (Lipinski definition) is 1. The molecule has 2 saturated heterocycles. The summed E-state index contributed by atoms with van der Waals surface area (Å²) in [6.07, 6.45) is 0. The third-order valence-electron chi connectivity index (χ3n) is 5.60. The van der Waals surface area contributed by atoms with Crippen LogP contribution in [-0.2, 0) is 25.7 Å². The summed E-state index contributed by atoms with van der Waals surface area (Å²) in [6.45, 7) is 1.26. The van der Waals surface area contributed by atoms with Gasteiger partial charge in [0.25, 0.3) is 0 Å². The summed E-state index contributed by atoms with van der Waals surface area (Å²) in [5.74, 6) is -0.562. The number of hydrogen-bond acceptors (Lipinski definition) is 7. The van der Waals surface area contributed by atoms with Crippen LogP contribution in [0.2, 0.25) is 0 Å². The summed E-state index contributed by atoms with van der Waals surface area (Å²) < 4.78 is 10.4. The third-order valence-corrected chi connectivity index (χ3v) is 7.10. The molecular weight excluding hydrogens is 432 g/mol. The SMILES string of the molecule is COc1ccc(COC(=O)C2(O)CS[C@@H]3C(N(C(C)=O)c4ccccc4)C(=O)N3C2)cc1. The largest absolute Gasteiger partial charge is 0.497 e. The second kappa shape index (κ2) is 8.84. The lowest BCUT2D eigenvalue weighted by atomic mass is 9.98. The van der Waals surface area contributed by atoms with Gasteiger partial charge in [0.15, 0.2) is 5.60 Å². The Kier molecular flexibility index (Phi) is 6.12. The van der Waals surface area contributed by atoms with Crippen LogP contribution in [0.3, 0.4) is 0 Å². The first-order valence-electron chi connectivity index (χ1n) is 10.1. The van der Waals surface area contributed by atoms with Gasteiger partial charge >= 0.3 is 5.97 Å². The number of carbonyl (C=O) groups is 3. The average molecular weight is 457 g/mol. The number of anilines is 1. The molecule has 2 amide bonds. The number of fused-ring (bicyclic) bond motifs is 1. The van der Waals surface area contributed by atoms with Gasteiger partial charge in [0.05, 0.1) is 13.7 Å². The molecule has 0 saturated carbocycles. The van der Waals surface area contributed by atoms with E-state index >= 15 is 0 Å². The maximum Gasteiger partial charge on any atom is 0.341 e. The van der Waals surface area contributed by atoms with Gasteiger partial charge in [-0.1, -0.05) is 30.3 Å². The van der Waals surface area contributed by atoms with E-state index in [0.29, 0.717) is 11.4 Å². The molecular formula is C23H24N2O6S. The number of aliphatic hydroxyl groups is 1. The Balaban J connectivity index is 1.41. The Hall–Kier alpha value is -3.04. The quantitative estimate of drug-likeness (QED) is 0.523. The van der Waals surface area contributed by atoms with Crippen LogP contribution >= 0.6 is 11.8 Å². The lowest BCUT2D eigenvalue weighted by molar-refractivity contribution is -0.172. The Morgan fingerprint density at radius 2 is 1.88 bits per heavy atom. The van der Waals surface area contributed by atoms with E-state index in [1.54, 1.807) is 55.6 Å². The van der Waals surface area contributed by atoms with E-state index in [2.05, 4.69) is 0 Å². The molecule has 0 bridgehead atoms. The van der Waals surface area contributed by atoms with Crippen LogP contribution in [0.5, 0.6) is 5.75 Å².